The lowest BCUT2D eigenvalue weighted by atomic mass is 10.3. The van der Waals surface area contributed by atoms with Crippen molar-refractivity contribution in [1.82, 2.24) is 4.72 Å². The molecule has 0 spiro atoms. The van der Waals surface area contributed by atoms with Crippen molar-refractivity contribution in [1.29, 1.82) is 0 Å². The average molecular weight is 290 g/mol. The highest BCUT2D eigenvalue weighted by Gasteiger charge is 2.12. The third kappa shape index (κ3) is 4.85. The maximum absolute atomic E-state index is 11.9. The molecule has 3 N–H and O–H groups in total. The van der Waals surface area contributed by atoms with Crippen molar-refractivity contribution < 1.29 is 13.2 Å². The second-order valence-corrected chi connectivity index (χ2v) is 6.25. The summed E-state index contributed by atoms with van der Waals surface area (Å²) in [6.07, 6.45) is 1.93. The first kappa shape index (κ1) is 15.3. The normalized spacial score (nSPS) is 11.4. The number of nitrogens with two attached hydrogens (primary N) is 1. The molecule has 1 aromatic rings. The predicted molar refractivity (Wildman–Crippen MR) is 74.6 cm³/mol. The van der Waals surface area contributed by atoms with E-state index < -0.39 is 10.0 Å². The molecular formula is C11H18N2O3S2. The molecule has 0 aliphatic rings. The third-order valence-corrected chi connectivity index (χ3v) is 4.21. The van der Waals surface area contributed by atoms with Gasteiger partial charge in [-0.1, -0.05) is 0 Å². The van der Waals surface area contributed by atoms with E-state index >= 15 is 0 Å². The van der Waals surface area contributed by atoms with Gasteiger partial charge in [-0.2, -0.15) is 11.8 Å². The van der Waals surface area contributed by atoms with E-state index in [2.05, 4.69) is 4.72 Å². The van der Waals surface area contributed by atoms with Crippen molar-refractivity contribution >= 4 is 21.8 Å². The maximum Gasteiger partial charge on any atom is 0.240 e. The molecule has 0 atom stereocenters. The Hall–Kier alpha value is -0.760. The van der Waals surface area contributed by atoms with Crippen molar-refractivity contribution in [2.24, 2.45) is 5.73 Å². The lowest BCUT2D eigenvalue weighted by molar-refractivity contribution is 0.328. The van der Waals surface area contributed by atoms with Gasteiger partial charge < -0.3 is 10.5 Å². The first-order valence-corrected chi connectivity index (χ1v) is 8.39. The van der Waals surface area contributed by atoms with Crippen LogP contribution in [0.2, 0.25) is 0 Å². The molecule has 0 unspecified atom stereocenters. The van der Waals surface area contributed by atoms with Crippen LogP contribution >= 0.6 is 11.8 Å². The minimum atomic E-state index is -3.41. The van der Waals surface area contributed by atoms with Crippen LogP contribution in [0.25, 0.3) is 0 Å². The molecule has 18 heavy (non-hydrogen) atoms. The van der Waals surface area contributed by atoms with Crippen molar-refractivity contribution in [2.45, 2.75) is 4.90 Å². The molecule has 0 amide bonds. The molecule has 0 aliphatic carbocycles. The smallest absolute Gasteiger partial charge is 0.240 e. The molecule has 0 bridgehead atoms. The van der Waals surface area contributed by atoms with Gasteiger partial charge in [0.25, 0.3) is 0 Å². The molecule has 0 saturated carbocycles. The fourth-order valence-electron chi connectivity index (χ4n) is 1.25. The highest BCUT2D eigenvalue weighted by atomic mass is 32.2. The number of hydrogen-bond donors (Lipinski definition) is 2. The van der Waals surface area contributed by atoms with E-state index in [1.807, 2.05) is 6.26 Å². The molecule has 0 aromatic heterocycles. The number of benzene rings is 1. The summed E-state index contributed by atoms with van der Waals surface area (Å²) >= 11 is 1.59. The summed E-state index contributed by atoms with van der Waals surface area (Å²) in [6.45, 7) is 1.27. The van der Waals surface area contributed by atoms with E-state index in [1.165, 1.54) is 12.1 Å². The number of ether oxygens (including phenoxy) is 1. The van der Waals surface area contributed by atoms with Crippen LogP contribution in [0.3, 0.4) is 0 Å². The zero-order valence-electron chi connectivity index (χ0n) is 10.3. The van der Waals surface area contributed by atoms with E-state index in [-0.39, 0.29) is 4.90 Å². The van der Waals surface area contributed by atoms with Gasteiger partial charge in [-0.3, -0.25) is 0 Å². The van der Waals surface area contributed by atoms with E-state index in [4.69, 9.17) is 10.5 Å². The minimum absolute atomic E-state index is 0.240. The van der Waals surface area contributed by atoms with Crippen LogP contribution in [0, 0.1) is 0 Å². The standard InChI is InChI=1S/C11H18N2O3S2/c1-17-9-7-13-18(14,15)11-4-2-10(3-5-11)16-8-6-12/h2-5,13H,6-9,12H2,1H3. The van der Waals surface area contributed by atoms with E-state index in [1.54, 1.807) is 23.9 Å². The number of hydrogen-bond acceptors (Lipinski definition) is 5. The maximum atomic E-state index is 11.9. The second-order valence-electron chi connectivity index (χ2n) is 3.50. The Bertz CT molecular complexity index is 446. The van der Waals surface area contributed by atoms with Crippen LogP contribution in [-0.4, -0.2) is 40.1 Å². The Kier molecular flexibility index (Phi) is 6.48. The third-order valence-electron chi connectivity index (χ3n) is 2.12. The van der Waals surface area contributed by atoms with Gasteiger partial charge in [0, 0.05) is 18.8 Å². The lowest BCUT2D eigenvalue weighted by Gasteiger charge is -2.08. The van der Waals surface area contributed by atoms with E-state index in [0.717, 1.165) is 5.75 Å². The Morgan fingerprint density at radius 2 is 2.00 bits per heavy atom. The van der Waals surface area contributed by atoms with Crippen LogP contribution in [0.5, 0.6) is 5.75 Å². The molecule has 1 rings (SSSR count). The Morgan fingerprint density at radius 1 is 1.33 bits per heavy atom. The zero-order valence-corrected chi connectivity index (χ0v) is 11.9. The molecule has 102 valence electrons. The van der Waals surface area contributed by atoms with Gasteiger partial charge in [-0.25, -0.2) is 13.1 Å². The topological polar surface area (TPSA) is 81.4 Å². The Morgan fingerprint density at radius 3 is 2.56 bits per heavy atom. The molecule has 7 heteroatoms. The summed E-state index contributed by atoms with van der Waals surface area (Å²) < 4.78 is 31.5. The SMILES string of the molecule is CSCCNS(=O)(=O)c1ccc(OCCN)cc1. The van der Waals surface area contributed by atoms with Crippen LogP contribution in [-0.2, 0) is 10.0 Å². The molecule has 1 aromatic carbocycles. The average Bonchev–Trinajstić information content (AvgIpc) is 2.37. The van der Waals surface area contributed by atoms with Crippen LogP contribution in [0.4, 0.5) is 0 Å². The fourth-order valence-corrected chi connectivity index (χ4v) is 2.72. The monoisotopic (exact) mass is 290 g/mol. The molecule has 0 saturated heterocycles. The Balaban J connectivity index is 2.65. The predicted octanol–water partition coefficient (Wildman–Crippen LogP) is 0.665. The van der Waals surface area contributed by atoms with Gasteiger partial charge in [-0.05, 0) is 30.5 Å². The van der Waals surface area contributed by atoms with E-state index in [0.29, 0.717) is 25.4 Å². The van der Waals surface area contributed by atoms with Crippen molar-refractivity contribution in [2.75, 3.05) is 31.7 Å². The summed E-state index contributed by atoms with van der Waals surface area (Å²) in [5.41, 5.74) is 5.31. The highest BCUT2D eigenvalue weighted by molar-refractivity contribution is 7.98. The van der Waals surface area contributed by atoms with Gasteiger partial charge in [0.15, 0.2) is 0 Å². The molecule has 5 nitrogen and oxygen atoms in total. The lowest BCUT2D eigenvalue weighted by Crippen LogP contribution is -2.25. The Labute approximate surface area is 112 Å². The largest absolute Gasteiger partial charge is 0.492 e. The fraction of sp³-hybridized carbons (Fsp3) is 0.455. The molecular weight excluding hydrogens is 272 g/mol. The summed E-state index contributed by atoms with van der Waals surface area (Å²) in [7, 11) is -3.41. The van der Waals surface area contributed by atoms with Crippen LogP contribution < -0.4 is 15.2 Å². The number of thioether (sulfide) groups is 1. The van der Waals surface area contributed by atoms with Gasteiger partial charge in [0.05, 0.1) is 4.90 Å². The van der Waals surface area contributed by atoms with Crippen molar-refractivity contribution in [3.8, 4) is 5.75 Å². The van der Waals surface area contributed by atoms with Gasteiger partial charge in [-0.15, -0.1) is 0 Å². The number of rotatable bonds is 8. The summed E-state index contributed by atoms with van der Waals surface area (Å²) in [5, 5.41) is 0. The first-order valence-electron chi connectivity index (χ1n) is 5.51. The first-order chi connectivity index (χ1) is 8.60. The van der Waals surface area contributed by atoms with Crippen LogP contribution in [0.15, 0.2) is 29.2 Å². The van der Waals surface area contributed by atoms with Crippen LogP contribution in [0.1, 0.15) is 0 Å². The zero-order chi connectivity index (χ0) is 13.4. The van der Waals surface area contributed by atoms with E-state index in [9.17, 15) is 8.42 Å². The second kappa shape index (κ2) is 7.63. The summed E-state index contributed by atoms with van der Waals surface area (Å²) in [4.78, 5) is 0.240. The number of sulfonamides is 1. The molecule has 0 aliphatic heterocycles. The van der Waals surface area contributed by atoms with Gasteiger partial charge in [0.2, 0.25) is 10.0 Å². The molecule has 0 radical (unpaired) electrons. The van der Waals surface area contributed by atoms with Crippen molar-refractivity contribution in [3.63, 3.8) is 0 Å². The molecule has 0 fully saturated rings. The van der Waals surface area contributed by atoms with Gasteiger partial charge in [0.1, 0.15) is 12.4 Å². The quantitative estimate of drug-likeness (QED) is 0.688. The molecule has 0 heterocycles. The summed E-state index contributed by atoms with van der Waals surface area (Å²) in [6, 6.07) is 6.29. The van der Waals surface area contributed by atoms with Gasteiger partial charge >= 0.3 is 0 Å². The minimum Gasteiger partial charge on any atom is -0.492 e. The summed E-state index contributed by atoms with van der Waals surface area (Å²) in [5.74, 6) is 1.36. The number of nitrogens with one attached hydrogen (secondary N) is 1. The highest BCUT2D eigenvalue weighted by Crippen LogP contribution is 2.15. The van der Waals surface area contributed by atoms with Crippen molar-refractivity contribution in [3.05, 3.63) is 24.3 Å².